The van der Waals surface area contributed by atoms with E-state index in [1.165, 1.54) is 6.33 Å². The summed E-state index contributed by atoms with van der Waals surface area (Å²) in [6, 6.07) is 15.0. The summed E-state index contributed by atoms with van der Waals surface area (Å²) in [5, 5.41) is 16.3. The lowest BCUT2D eigenvalue weighted by Gasteiger charge is -2.14. The predicted octanol–water partition coefficient (Wildman–Crippen LogP) is 4.25. The standard InChI is InChI=1S/C20H17N3O3/c1-25-17-9-14-15(10-18(17)26-2)21-11-22-20(14)23-19-13-6-4-3-5-12(13)7-8-16(19)24/h3-11,24H,1-2H3,(H,21,22,23). The molecule has 3 aromatic carbocycles. The van der Waals surface area contributed by atoms with Crippen molar-refractivity contribution in [2.45, 2.75) is 0 Å². The van der Waals surface area contributed by atoms with Gasteiger partial charge in [0.1, 0.15) is 17.9 Å². The molecule has 1 heterocycles. The lowest BCUT2D eigenvalue weighted by Crippen LogP contribution is -1.99. The molecular formula is C20H17N3O3. The van der Waals surface area contributed by atoms with Crippen LogP contribution in [-0.2, 0) is 0 Å². The maximum absolute atomic E-state index is 10.4. The van der Waals surface area contributed by atoms with E-state index in [9.17, 15) is 5.11 Å². The number of aromatic nitrogens is 2. The number of fused-ring (bicyclic) bond motifs is 2. The molecule has 0 spiro atoms. The molecule has 0 aliphatic heterocycles. The molecule has 26 heavy (non-hydrogen) atoms. The minimum absolute atomic E-state index is 0.149. The van der Waals surface area contributed by atoms with Crippen LogP contribution in [0, 0.1) is 0 Å². The van der Waals surface area contributed by atoms with Gasteiger partial charge in [-0.05, 0) is 17.5 Å². The van der Waals surface area contributed by atoms with Crippen molar-refractivity contribution < 1.29 is 14.6 Å². The number of methoxy groups -OCH3 is 2. The Hall–Kier alpha value is -3.54. The number of benzene rings is 3. The summed E-state index contributed by atoms with van der Waals surface area (Å²) in [7, 11) is 3.16. The predicted molar refractivity (Wildman–Crippen MR) is 102 cm³/mol. The summed E-state index contributed by atoms with van der Waals surface area (Å²) in [4.78, 5) is 8.65. The van der Waals surface area contributed by atoms with E-state index in [4.69, 9.17) is 9.47 Å². The van der Waals surface area contributed by atoms with Gasteiger partial charge in [0, 0.05) is 16.8 Å². The zero-order valence-corrected chi connectivity index (χ0v) is 14.4. The molecule has 0 radical (unpaired) electrons. The van der Waals surface area contributed by atoms with Crippen molar-refractivity contribution >= 4 is 33.2 Å². The van der Waals surface area contributed by atoms with Crippen molar-refractivity contribution in [1.29, 1.82) is 0 Å². The van der Waals surface area contributed by atoms with Gasteiger partial charge >= 0.3 is 0 Å². The topological polar surface area (TPSA) is 76.5 Å². The highest BCUT2D eigenvalue weighted by molar-refractivity contribution is 6.01. The molecule has 6 heteroatoms. The van der Waals surface area contributed by atoms with Gasteiger partial charge in [0.15, 0.2) is 11.5 Å². The maximum atomic E-state index is 10.4. The van der Waals surface area contributed by atoms with Gasteiger partial charge in [-0.15, -0.1) is 0 Å². The highest BCUT2D eigenvalue weighted by Gasteiger charge is 2.13. The molecule has 0 unspecified atom stereocenters. The summed E-state index contributed by atoms with van der Waals surface area (Å²) in [5.74, 6) is 1.90. The number of hydrogen-bond donors (Lipinski definition) is 2. The van der Waals surface area contributed by atoms with Gasteiger partial charge in [-0.1, -0.05) is 30.3 Å². The van der Waals surface area contributed by atoms with Crippen molar-refractivity contribution in [1.82, 2.24) is 9.97 Å². The molecule has 4 rings (SSSR count). The lowest BCUT2D eigenvalue weighted by molar-refractivity contribution is 0.356. The number of ether oxygens (including phenoxy) is 2. The van der Waals surface area contributed by atoms with Crippen LogP contribution in [0.25, 0.3) is 21.7 Å². The molecule has 4 aromatic rings. The van der Waals surface area contributed by atoms with Crippen LogP contribution in [0.4, 0.5) is 11.5 Å². The Balaban J connectivity index is 1.90. The Morgan fingerprint density at radius 1 is 0.885 bits per heavy atom. The zero-order valence-electron chi connectivity index (χ0n) is 14.4. The van der Waals surface area contributed by atoms with Crippen LogP contribution in [0.15, 0.2) is 54.9 Å². The second-order valence-corrected chi connectivity index (χ2v) is 5.75. The fourth-order valence-electron chi connectivity index (χ4n) is 2.99. The minimum atomic E-state index is 0.149. The molecule has 0 saturated heterocycles. The largest absolute Gasteiger partial charge is 0.506 e. The van der Waals surface area contributed by atoms with E-state index in [-0.39, 0.29) is 5.75 Å². The van der Waals surface area contributed by atoms with E-state index in [1.54, 1.807) is 26.4 Å². The van der Waals surface area contributed by atoms with Gasteiger partial charge in [-0.3, -0.25) is 0 Å². The number of aromatic hydroxyl groups is 1. The minimum Gasteiger partial charge on any atom is -0.506 e. The number of phenolic OH excluding ortho intramolecular Hbond substituents is 1. The summed E-state index contributed by atoms with van der Waals surface area (Å²) in [6.45, 7) is 0. The van der Waals surface area contributed by atoms with E-state index >= 15 is 0 Å². The zero-order chi connectivity index (χ0) is 18.1. The Labute approximate surface area is 150 Å². The number of hydrogen-bond acceptors (Lipinski definition) is 6. The summed E-state index contributed by atoms with van der Waals surface area (Å²) in [5.41, 5.74) is 1.30. The van der Waals surface area contributed by atoms with Gasteiger partial charge < -0.3 is 19.9 Å². The van der Waals surface area contributed by atoms with E-state index in [0.717, 1.165) is 16.2 Å². The van der Waals surface area contributed by atoms with E-state index in [1.807, 2.05) is 36.4 Å². The van der Waals surface area contributed by atoms with Crippen molar-refractivity contribution in [3.8, 4) is 17.2 Å². The van der Waals surface area contributed by atoms with Crippen molar-refractivity contribution in [3.05, 3.63) is 54.9 Å². The quantitative estimate of drug-likeness (QED) is 0.538. The van der Waals surface area contributed by atoms with Gasteiger partial charge in [-0.25, -0.2) is 9.97 Å². The number of anilines is 2. The van der Waals surface area contributed by atoms with Crippen LogP contribution in [0.1, 0.15) is 0 Å². The third-order valence-electron chi connectivity index (χ3n) is 4.29. The summed E-state index contributed by atoms with van der Waals surface area (Å²) < 4.78 is 10.7. The second-order valence-electron chi connectivity index (χ2n) is 5.75. The van der Waals surface area contributed by atoms with Crippen LogP contribution < -0.4 is 14.8 Å². The number of nitrogens with zero attached hydrogens (tertiary/aromatic N) is 2. The van der Waals surface area contributed by atoms with Crippen LogP contribution in [0.2, 0.25) is 0 Å². The molecule has 130 valence electrons. The molecule has 0 bridgehead atoms. The smallest absolute Gasteiger partial charge is 0.162 e. The molecule has 0 aliphatic rings. The Bertz CT molecular complexity index is 1110. The third-order valence-corrected chi connectivity index (χ3v) is 4.29. The molecule has 1 aromatic heterocycles. The van der Waals surface area contributed by atoms with Crippen LogP contribution >= 0.6 is 0 Å². The normalized spacial score (nSPS) is 10.8. The molecule has 0 aliphatic carbocycles. The van der Waals surface area contributed by atoms with Gasteiger partial charge in [-0.2, -0.15) is 0 Å². The first-order valence-electron chi connectivity index (χ1n) is 8.05. The van der Waals surface area contributed by atoms with E-state index < -0.39 is 0 Å². The molecular weight excluding hydrogens is 330 g/mol. The molecule has 0 saturated carbocycles. The van der Waals surface area contributed by atoms with Gasteiger partial charge in [0.25, 0.3) is 0 Å². The van der Waals surface area contributed by atoms with Crippen molar-refractivity contribution in [2.24, 2.45) is 0 Å². The monoisotopic (exact) mass is 347 g/mol. The van der Waals surface area contributed by atoms with E-state index in [0.29, 0.717) is 28.5 Å². The molecule has 0 atom stereocenters. The van der Waals surface area contributed by atoms with Crippen LogP contribution in [0.3, 0.4) is 0 Å². The molecule has 6 nitrogen and oxygen atoms in total. The maximum Gasteiger partial charge on any atom is 0.162 e. The third kappa shape index (κ3) is 2.61. The highest BCUT2D eigenvalue weighted by atomic mass is 16.5. The van der Waals surface area contributed by atoms with Crippen LogP contribution in [0.5, 0.6) is 17.2 Å². The van der Waals surface area contributed by atoms with E-state index in [2.05, 4.69) is 15.3 Å². The summed E-state index contributed by atoms with van der Waals surface area (Å²) in [6.07, 6.45) is 1.47. The first kappa shape index (κ1) is 16.0. The average Bonchev–Trinajstić information content (AvgIpc) is 2.69. The molecule has 2 N–H and O–H groups in total. The average molecular weight is 347 g/mol. The first-order chi connectivity index (χ1) is 12.7. The number of nitrogens with one attached hydrogen (secondary N) is 1. The van der Waals surface area contributed by atoms with Gasteiger partial charge in [0.2, 0.25) is 0 Å². The Morgan fingerprint density at radius 3 is 2.46 bits per heavy atom. The Kier molecular flexibility index (Phi) is 3.93. The SMILES string of the molecule is COc1cc2ncnc(Nc3c(O)ccc4ccccc34)c2cc1OC. The lowest BCUT2D eigenvalue weighted by atomic mass is 10.1. The number of rotatable bonds is 4. The summed E-state index contributed by atoms with van der Waals surface area (Å²) >= 11 is 0. The van der Waals surface area contributed by atoms with Crippen molar-refractivity contribution in [3.63, 3.8) is 0 Å². The Morgan fingerprint density at radius 2 is 1.65 bits per heavy atom. The first-order valence-corrected chi connectivity index (χ1v) is 8.05. The fraction of sp³-hybridized carbons (Fsp3) is 0.100. The highest BCUT2D eigenvalue weighted by Crippen LogP contribution is 2.38. The fourth-order valence-corrected chi connectivity index (χ4v) is 2.99. The van der Waals surface area contributed by atoms with Gasteiger partial charge in [0.05, 0.1) is 25.4 Å². The molecule has 0 amide bonds. The second kappa shape index (κ2) is 6.40. The van der Waals surface area contributed by atoms with Crippen LogP contribution in [-0.4, -0.2) is 29.3 Å². The number of phenols is 1. The molecule has 0 fully saturated rings. The van der Waals surface area contributed by atoms with Crippen molar-refractivity contribution in [2.75, 3.05) is 19.5 Å².